The molecule has 0 spiro atoms. The van der Waals surface area contributed by atoms with Crippen molar-refractivity contribution < 1.29 is 13.9 Å². The van der Waals surface area contributed by atoms with E-state index in [1.807, 2.05) is 11.6 Å². The molecular formula is C16H20N4O3. The Labute approximate surface area is 134 Å². The second kappa shape index (κ2) is 5.81. The molecule has 2 aromatic rings. The van der Waals surface area contributed by atoms with Gasteiger partial charge in [-0.1, -0.05) is 5.21 Å². The minimum absolute atomic E-state index is 0.0876. The van der Waals surface area contributed by atoms with E-state index < -0.39 is 0 Å². The Hall–Kier alpha value is -2.15. The molecule has 1 aliphatic carbocycles. The highest BCUT2D eigenvalue weighted by molar-refractivity contribution is 5.91. The van der Waals surface area contributed by atoms with Crippen molar-refractivity contribution in [3.8, 4) is 0 Å². The van der Waals surface area contributed by atoms with Crippen LogP contribution in [0, 0.1) is 12.8 Å². The highest BCUT2D eigenvalue weighted by Gasteiger charge is 2.27. The van der Waals surface area contributed by atoms with E-state index in [2.05, 4.69) is 10.3 Å². The zero-order valence-corrected chi connectivity index (χ0v) is 13.2. The predicted molar refractivity (Wildman–Crippen MR) is 80.6 cm³/mol. The summed E-state index contributed by atoms with van der Waals surface area (Å²) in [6, 6.07) is 3.53. The Morgan fingerprint density at radius 2 is 2.26 bits per heavy atom. The van der Waals surface area contributed by atoms with Crippen LogP contribution in [-0.4, -0.2) is 39.0 Å². The van der Waals surface area contributed by atoms with Crippen molar-refractivity contribution in [1.29, 1.82) is 0 Å². The molecule has 7 nitrogen and oxygen atoms in total. The normalized spacial score (nSPS) is 17.3. The van der Waals surface area contributed by atoms with Crippen molar-refractivity contribution in [3.05, 3.63) is 35.0 Å². The van der Waals surface area contributed by atoms with Crippen LogP contribution in [0.4, 0.5) is 0 Å². The van der Waals surface area contributed by atoms with Crippen LogP contribution >= 0.6 is 0 Å². The third kappa shape index (κ3) is 3.01. The molecule has 0 radical (unpaired) electrons. The third-order valence-electron chi connectivity index (χ3n) is 4.37. The second-order valence-corrected chi connectivity index (χ2v) is 6.30. The molecule has 1 amide bonds. The number of hydrogen-bond acceptors (Lipinski definition) is 5. The number of nitrogens with zero attached hydrogens (tertiary/aromatic N) is 4. The van der Waals surface area contributed by atoms with Crippen LogP contribution in [0.15, 0.2) is 16.5 Å². The summed E-state index contributed by atoms with van der Waals surface area (Å²) in [5.41, 5.74) is 1.79. The van der Waals surface area contributed by atoms with Gasteiger partial charge in [0.1, 0.15) is 11.5 Å². The van der Waals surface area contributed by atoms with Gasteiger partial charge in [0.15, 0.2) is 5.76 Å². The standard InChI is InChI=1S/C16H20N4O3/c1-11-2-5-15(23-11)16(21)19-6-7-20-14(8-19)13(17-18-20)10-22-9-12-3-4-12/h2,5,12H,3-4,6-10H2,1H3. The average Bonchev–Trinajstić information content (AvgIpc) is 3.14. The zero-order chi connectivity index (χ0) is 15.8. The number of aromatic nitrogens is 3. The predicted octanol–water partition coefficient (Wildman–Crippen LogP) is 1.76. The topological polar surface area (TPSA) is 73.4 Å². The molecule has 2 aliphatic rings. The molecule has 1 saturated carbocycles. The molecule has 0 bridgehead atoms. The molecular weight excluding hydrogens is 296 g/mol. The van der Waals surface area contributed by atoms with E-state index in [4.69, 9.17) is 9.15 Å². The van der Waals surface area contributed by atoms with Gasteiger partial charge in [-0.3, -0.25) is 4.79 Å². The van der Waals surface area contributed by atoms with Crippen molar-refractivity contribution in [2.24, 2.45) is 5.92 Å². The number of fused-ring (bicyclic) bond motifs is 1. The van der Waals surface area contributed by atoms with Crippen LogP contribution in [0.2, 0.25) is 0 Å². The fraction of sp³-hybridized carbons (Fsp3) is 0.562. The second-order valence-electron chi connectivity index (χ2n) is 6.30. The summed E-state index contributed by atoms with van der Waals surface area (Å²) in [5.74, 6) is 1.76. The zero-order valence-electron chi connectivity index (χ0n) is 13.2. The monoisotopic (exact) mass is 316 g/mol. The first-order valence-corrected chi connectivity index (χ1v) is 8.05. The lowest BCUT2D eigenvalue weighted by molar-refractivity contribution is 0.0666. The summed E-state index contributed by atoms with van der Waals surface area (Å²) in [5, 5.41) is 8.38. The maximum absolute atomic E-state index is 12.5. The molecule has 0 saturated heterocycles. The van der Waals surface area contributed by atoms with Crippen molar-refractivity contribution in [2.45, 2.75) is 39.5 Å². The summed E-state index contributed by atoms with van der Waals surface area (Å²) in [4.78, 5) is 14.3. The summed E-state index contributed by atoms with van der Waals surface area (Å²) < 4.78 is 13.0. The first-order chi connectivity index (χ1) is 11.2. The van der Waals surface area contributed by atoms with Gasteiger partial charge in [0.05, 0.1) is 25.4 Å². The van der Waals surface area contributed by atoms with Gasteiger partial charge in [-0.25, -0.2) is 4.68 Å². The first-order valence-electron chi connectivity index (χ1n) is 8.05. The van der Waals surface area contributed by atoms with Crippen LogP contribution in [-0.2, 0) is 24.4 Å². The highest BCUT2D eigenvalue weighted by atomic mass is 16.5. The molecule has 2 aromatic heterocycles. The van der Waals surface area contributed by atoms with E-state index >= 15 is 0 Å². The molecule has 4 rings (SSSR count). The van der Waals surface area contributed by atoms with Gasteiger partial charge in [0, 0.05) is 13.2 Å². The van der Waals surface area contributed by atoms with E-state index in [9.17, 15) is 4.79 Å². The SMILES string of the molecule is Cc1ccc(C(=O)N2CCn3nnc(COCC4CC4)c3C2)o1. The molecule has 0 unspecified atom stereocenters. The number of carbonyl (C=O) groups excluding carboxylic acids is 1. The molecule has 3 heterocycles. The van der Waals surface area contributed by atoms with E-state index in [-0.39, 0.29) is 5.91 Å². The molecule has 0 N–H and O–H groups in total. The fourth-order valence-corrected chi connectivity index (χ4v) is 2.79. The maximum Gasteiger partial charge on any atom is 0.289 e. The number of ether oxygens (including phenoxy) is 1. The van der Waals surface area contributed by atoms with Gasteiger partial charge in [0.2, 0.25) is 0 Å². The molecule has 0 atom stereocenters. The summed E-state index contributed by atoms with van der Waals surface area (Å²) in [6.07, 6.45) is 2.54. The summed E-state index contributed by atoms with van der Waals surface area (Å²) in [7, 11) is 0. The van der Waals surface area contributed by atoms with Gasteiger partial charge in [-0.15, -0.1) is 5.10 Å². The highest BCUT2D eigenvalue weighted by Crippen LogP contribution is 2.29. The fourth-order valence-electron chi connectivity index (χ4n) is 2.79. The quantitative estimate of drug-likeness (QED) is 0.840. The van der Waals surface area contributed by atoms with Crippen LogP contribution in [0.3, 0.4) is 0 Å². The largest absolute Gasteiger partial charge is 0.456 e. The lowest BCUT2D eigenvalue weighted by Crippen LogP contribution is -2.38. The Bertz CT molecular complexity index is 717. The summed E-state index contributed by atoms with van der Waals surface area (Å²) in [6.45, 7) is 4.84. The van der Waals surface area contributed by atoms with Gasteiger partial charge < -0.3 is 14.1 Å². The average molecular weight is 316 g/mol. The maximum atomic E-state index is 12.5. The van der Waals surface area contributed by atoms with Crippen LogP contribution < -0.4 is 0 Å². The van der Waals surface area contributed by atoms with E-state index in [0.717, 1.165) is 29.7 Å². The molecule has 122 valence electrons. The van der Waals surface area contributed by atoms with Crippen LogP contribution in [0.5, 0.6) is 0 Å². The number of furan rings is 1. The van der Waals surface area contributed by atoms with Gasteiger partial charge >= 0.3 is 0 Å². The van der Waals surface area contributed by atoms with E-state index in [1.165, 1.54) is 12.8 Å². The Morgan fingerprint density at radius 1 is 1.39 bits per heavy atom. The van der Waals surface area contributed by atoms with Crippen LogP contribution in [0.1, 0.15) is 40.5 Å². The number of amides is 1. The van der Waals surface area contributed by atoms with Gasteiger partial charge in [0.25, 0.3) is 5.91 Å². The van der Waals surface area contributed by atoms with E-state index in [1.54, 1.807) is 17.0 Å². The molecule has 1 fully saturated rings. The minimum atomic E-state index is -0.0876. The van der Waals surface area contributed by atoms with E-state index in [0.29, 0.717) is 32.0 Å². The smallest absolute Gasteiger partial charge is 0.289 e. The lowest BCUT2D eigenvalue weighted by atomic mass is 10.2. The van der Waals surface area contributed by atoms with Gasteiger partial charge in [-0.2, -0.15) is 0 Å². The number of rotatable bonds is 5. The number of aryl methyl sites for hydroxylation is 1. The van der Waals surface area contributed by atoms with Crippen LogP contribution in [0.25, 0.3) is 0 Å². The number of carbonyl (C=O) groups is 1. The Morgan fingerprint density at radius 3 is 3.00 bits per heavy atom. The molecule has 0 aromatic carbocycles. The van der Waals surface area contributed by atoms with Crippen molar-refractivity contribution in [1.82, 2.24) is 19.9 Å². The minimum Gasteiger partial charge on any atom is -0.456 e. The Balaban J connectivity index is 1.44. The van der Waals surface area contributed by atoms with Crippen molar-refractivity contribution >= 4 is 5.91 Å². The molecule has 23 heavy (non-hydrogen) atoms. The lowest BCUT2D eigenvalue weighted by Gasteiger charge is -2.27. The first kappa shape index (κ1) is 14.4. The molecule has 7 heteroatoms. The molecule has 1 aliphatic heterocycles. The third-order valence-corrected chi connectivity index (χ3v) is 4.37. The number of hydrogen-bond donors (Lipinski definition) is 0. The van der Waals surface area contributed by atoms with Gasteiger partial charge in [-0.05, 0) is 37.8 Å². The van der Waals surface area contributed by atoms with Crippen molar-refractivity contribution in [2.75, 3.05) is 13.2 Å². The Kier molecular flexibility index (Phi) is 3.65. The summed E-state index contributed by atoms with van der Waals surface area (Å²) >= 11 is 0. The van der Waals surface area contributed by atoms with Crippen molar-refractivity contribution in [3.63, 3.8) is 0 Å².